The Morgan fingerprint density at radius 3 is 2.33 bits per heavy atom. The molecule has 4 heteroatoms. The van der Waals surface area contributed by atoms with Gasteiger partial charge in [-0.25, -0.2) is 0 Å². The van der Waals surface area contributed by atoms with Crippen molar-refractivity contribution in [1.82, 2.24) is 0 Å². The van der Waals surface area contributed by atoms with E-state index in [1.807, 2.05) is 7.11 Å². The number of methoxy groups -OCH3 is 1. The van der Waals surface area contributed by atoms with E-state index in [0.29, 0.717) is 12.5 Å². The Kier molecular flexibility index (Phi) is 6.08. The molecule has 2 aromatic carbocycles. The van der Waals surface area contributed by atoms with Crippen molar-refractivity contribution in [2.75, 3.05) is 30.4 Å². The third-order valence-electron chi connectivity index (χ3n) is 6.05. The number of nitrogens with two attached hydrogens (primary N) is 1. The van der Waals surface area contributed by atoms with Gasteiger partial charge in [-0.1, -0.05) is 12.1 Å². The Bertz CT molecular complexity index is 747. The van der Waals surface area contributed by atoms with Crippen molar-refractivity contribution in [1.29, 1.82) is 0 Å². The van der Waals surface area contributed by atoms with Gasteiger partial charge in [0.05, 0.1) is 5.60 Å². The fraction of sp³-hybridized carbons (Fsp3) is 0.478. The third kappa shape index (κ3) is 4.63. The average molecular weight is 368 g/mol. The molecule has 0 atom stereocenters. The molecule has 0 aromatic heterocycles. The lowest BCUT2D eigenvalue weighted by Gasteiger charge is -2.40. The molecule has 0 saturated carbocycles. The summed E-state index contributed by atoms with van der Waals surface area (Å²) in [6.07, 6.45) is 2.35. The minimum absolute atomic E-state index is 0.0325. The predicted molar refractivity (Wildman–Crippen MR) is 115 cm³/mol. The molecule has 27 heavy (non-hydrogen) atoms. The second-order valence-electron chi connectivity index (χ2n) is 8.09. The van der Waals surface area contributed by atoms with Crippen LogP contribution in [0.5, 0.6) is 0 Å². The summed E-state index contributed by atoms with van der Waals surface area (Å²) < 4.78 is 5.69. The topological polar surface area (TPSA) is 50.5 Å². The van der Waals surface area contributed by atoms with Crippen LogP contribution in [-0.2, 0) is 11.3 Å². The lowest BCUT2D eigenvalue weighted by Crippen LogP contribution is -2.43. The number of hydrogen-bond donors (Lipinski definition) is 2. The Labute approximate surface area is 163 Å². The van der Waals surface area contributed by atoms with E-state index in [4.69, 9.17) is 10.5 Å². The van der Waals surface area contributed by atoms with Gasteiger partial charge in [0.25, 0.3) is 0 Å². The molecule has 0 bridgehead atoms. The van der Waals surface area contributed by atoms with Crippen LogP contribution >= 0.6 is 0 Å². The minimum Gasteiger partial charge on any atom is -0.379 e. The van der Waals surface area contributed by atoms with Gasteiger partial charge < -0.3 is 20.7 Å². The molecule has 4 nitrogen and oxygen atoms in total. The summed E-state index contributed by atoms with van der Waals surface area (Å²) in [4.78, 5) is 2.50. The van der Waals surface area contributed by atoms with Crippen molar-refractivity contribution in [3.05, 3.63) is 53.6 Å². The van der Waals surface area contributed by atoms with Crippen LogP contribution in [0.3, 0.4) is 0 Å². The maximum atomic E-state index is 5.69. The van der Waals surface area contributed by atoms with Gasteiger partial charge in [0.1, 0.15) is 0 Å². The molecule has 0 radical (unpaired) electrons. The molecule has 1 fully saturated rings. The third-order valence-corrected chi connectivity index (χ3v) is 6.05. The highest BCUT2D eigenvalue weighted by atomic mass is 16.5. The van der Waals surface area contributed by atoms with Crippen LogP contribution in [0.2, 0.25) is 0 Å². The lowest BCUT2D eigenvalue weighted by atomic mass is 9.82. The monoisotopic (exact) mass is 367 g/mol. The quantitative estimate of drug-likeness (QED) is 0.767. The number of anilines is 3. The van der Waals surface area contributed by atoms with E-state index in [2.05, 4.69) is 73.5 Å². The summed E-state index contributed by atoms with van der Waals surface area (Å²) in [5, 5.41) is 3.51. The van der Waals surface area contributed by atoms with E-state index in [1.54, 1.807) is 0 Å². The first-order chi connectivity index (χ1) is 12.9. The van der Waals surface area contributed by atoms with Crippen LogP contribution < -0.4 is 16.0 Å². The van der Waals surface area contributed by atoms with Crippen LogP contribution in [0.15, 0.2) is 42.5 Å². The van der Waals surface area contributed by atoms with Crippen LogP contribution in [-0.4, -0.2) is 25.8 Å². The second kappa shape index (κ2) is 8.32. The Hall–Kier alpha value is -2.04. The van der Waals surface area contributed by atoms with Crippen molar-refractivity contribution < 1.29 is 4.74 Å². The molecule has 0 spiro atoms. The number of ether oxygens (including phenoxy) is 1. The van der Waals surface area contributed by atoms with E-state index in [9.17, 15) is 0 Å². The van der Waals surface area contributed by atoms with Crippen LogP contribution in [0, 0.1) is 12.8 Å². The summed E-state index contributed by atoms with van der Waals surface area (Å²) in [6.45, 7) is 9.33. The first-order valence-corrected chi connectivity index (χ1v) is 9.89. The largest absolute Gasteiger partial charge is 0.379 e. The first kappa shape index (κ1) is 19.7. The highest BCUT2D eigenvalue weighted by molar-refractivity contribution is 5.67. The van der Waals surface area contributed by atoms with Gasteiger partial charge in [0.2, 0.25) is 0 Å². The highest BCUT2D eigenvalue weighted by Crippen LogP contribution is 2.33. The SMILES string of the molecule is COC(C)(C)C1CCN(c2ccc(Nc3ccc(CN)cc3)c(C)c2)CC1. The number of benzene rings is 2. The van der Waals surface area contributed by atoms with Gasteiger partial charge in [-0.3, -0.25) is 0 Å². The highest BCUT2D eigenvalue weighted by Gasteiger charge is 2.32. The van der Waals surface area contributed by atoms with Gasteiger partial charge >= 0.3 is 0 Å². The number of nitrogens with one attached hydrogen (secondary N) is 1. The summed E-state index contributed by atoms with van der Waals surface area (Å²) in [7, 11) is 1.82. The molecule has 1 saturated heterocycles. The molecule has 0 aliphatic carbocycles. The molecule has 0 unspecified atom stereocenters. The molecular formula is C23H33N3O. The fourth-order valence-electron chi connectivity index (χ4n) is 3.86. The van der Waals surface area contributed by atoms with Crippen molar-refractivity contribution in [2.45, 2.75) is 45.8 Å². The fourth-order valence-corrected chi connectivity index (χ4v) is 3.86. The zero-order chi connectivity index (χ0) is 19.4. The summed E-state index contributed by atoms with van der Waals surface area (Å²) in [6, 6.07) is 15.0. The predicted octanol–water partition coefficient (Wildman–Crippen LogP) is 4.84. The molecule has 1 heterocycles. The molecule has 1 aliphatic rings. The number of nitrogens with zero attached hydrogens (tertiary/aromatic N) is 1. The Balaban J connectivity index is 1.64. The van der Waals surface area contributed by atoms with Crippen molar-refractivity contribution in [3.8, 4) is 0 Å². The van der Waals surface area contributed by atoms with Crippen LogP contribution in [0.1, 0.15) is 37.8 Å². The molecule has 0 amide bonds. The van der Waals surface area contributed by atoms with Gasteiger partial charge in [0, 0.05) is 43.8 Å². The number of rotatable bonds is 6. The zero-order valence-electron chi connectivity index (χ0n) is 17.1. The summed E-state index contributed by atoms with van der Waals surface area (Å²) in [5.41, 5.74) is 11.6. The molecule has 1 aliphatic heterocycles. The van der Waals surface area contributed by atoms with Gasteiger partial charge in [0.15, 0.2) is 0 Å². The number of piperidine rings is 1. The number of hydrogen-bond acceptors (Lipinski definition) is 4. The molecule has 146 valence electrons. The van der Waals surface area contributed by atoms with Crippen LogP contribution in [0.25, 0.3) is 0 Å². The Morgan fingerprint density at radius 1 is 1.11 bits per heavy atom. The standard InChI is InChI=1S/C23H33N3O/c1-17-15-21(26-13-11-19(12-14-26)23(2,3)27-4)9-10-22(17)25-20-7-5-18(16-24)6-8-20/h5-10,15,19,25H,11-14,16,24H2,1-4H3. The van der Waals surface area contributed by atoms with E-state index in [-0.39, 0.29) is 5.60 Å². The maximum Gasteiger partial charge on any atom is 0.0652 e. The molecule has 3 N–H and O–H groups in total. The molecular weight excluding hydrogens is 334 g/mol. The van der Waals surface area contributed by atoms with Crippen LogP contribution in [0.4, 0.5) is 17.1 Å². The minimum atomic E-state index is -0.0325. The second-order valence-corrected chi connectivity index (χ2v) is 8.09. The zero-order valence-corrected chi connectivity index (χ0v) is 17.1. The Morgan fingerprint density at radius 2 is 1.78 bits per heavy atom. The molecule has 3 rings (SSSR count). The summed E-state index contributed by atoms with van der Waals surface area (Å²) in [5.74, 6) is 0.622. The molecule has 2 aromatic rings. The summed E-state index contributed by atoms with van der Waals surface area (Å²) >= 11 is 0. The van der Waals surface area contributed by atoms with E-state index in [0.717, 1.165) is 30.0 Å². The maximum absolute atomic E-state index is 5.69. The van der Waals surface area contributed by atoms with E-state index < -0.39 is 0 Å². The van der Waals surface area contributed by atoms with Gasteiger partial charge in [-0.15, -0.1) is 0 Å². The van der Waals surface area contributed by atoms with Crippen molar-refractivity contribution >= 4 is 17.1 Å². The first-order valence-electron chi connectivity index (χ1n) is 9.89. The number of aryl methyl sites for hydroxylation is 1. The smallest absolute Gasteiger partial charge is 0.0652 e. The normalized spacial score (nSPS) is 15.8. The van der Waals surface area contributed by atoms with Crippen molar-refractivity contribution in [2.24, 2.45) is 11.7 Å². The van der Waals surface area contributed by atoms with Gasteiger partial charge in [-0.2, -0.15) is 0 Å². The van der Waals surface area contributed by atoms with Gasteiger partial charge in [-0.05, 0) is 81.0 Å². The van der Waals surface area contributed by atoms with E-state index in [1.165, 1.54) is 24.1 Å². The van der Waals surface area contributed by atoms with E-state index >= 15 is 0 Å². The van der Waals surface area contributed by atoms with Crippen molar-refractivity contribution in [3.63, 3.8) is 0 Å². The lowest BCUT2D eigenvalue weighted by molar-refractivity contribution is -0.0357. The average Bonchev–Trinajstić information content (AvgIpc) is 2.70.